The predicted molar refractivity (Wildman–Crippen MR) is 157 cm³/mol. The summed E-state index contributed by atoms with van der Waals surface area (Å²) in [6.07, 6.45) is 1.28. The molecule has 1 unspecified atom stereocenters. The van der Waals surface area contributed by atoms with Crippen LogP contribution < -0.4 is 5.32 Å². The molecule has 4 aromatic rings. The average molecular weight is 565 g/mol. The Hall–Kier alpha value is -4.96. The molecule has 0 spiro atoms. The maximum Gasteiger partial charge on any atom is 0.334 e. The Morgan fingerprint density at radius 2 is 1.74 bits per heavy atom. The van der Waals surface area contributed by atoms with Gasteiger partial charge in [0, 0.05) is 38.1 Å². The number of phenolic OH excluding ortho intramolecular Hbond substituents is 1. The van der Waals surface area contributed by atoms with Gasteiger partial charge in [-0.1, -0.05) is 60.7 Å². The topological polar surface area (TPSA) is 109 Å². The summed E-state index contributed by atoms with van der Waals surface area (Å²) in [5.74, 6) is -0.293. The number of hydrogen-bond acceptors (Lipinski definition) is 6. The summed E-state index contributed by atoms with van der Waals surface area (Å²) >= 11 is 0. The molecule has 2 N–H and O–H groups in total. The zero-order valence-electron chi connectivity index (χ0n) is 23.3. The van der Waals surface area contributed by atoms with E-state index >= 15 is 0 Å². The van der Waals surface area contributed by atoms with Crippen LogP contribution in [0, 0.1) is 0 Å². The van der Waals surface area contributed by atoms with E-state index in [2.05, 4.69) is 10.3 Å². The Balaban J connectivity index is 1.34. The molecule has 1 aromatic heterocycles. The maximum absolute atomic E-state index is 14.1. The normalized spacial score (nSPS) is 19.2. The average Bonchev–Trinajstić information content (AvgIpc) is 2.99. The molecule has 214 valence electrons. The summed E-state index contributed by atoms with van der Waals surface area (Å²) in [6, 6.07) is 24.7. The number of piperazine rings is 1. The lowest BCUT2D eigenvalue weighted by Gasteiger charge is -2.54. The summed E-state index contributed by atoms with van der Waals surface area (Å²) in [6.45, 7) is 0.739. The van der Waals surface area contributed by atoms with E-state index in [9.17, 15) is 19.5 Å². The number of likely N-dealkylation sites (N-methyl/N-ethyl adjacent to an activating group) is 1. The molecule has 0 radical (unpaired) electrons. The standard InChI is InChI=1S/C32H32N6O4/c1-35-21-30(40)37-28(17-22-12-14-25(39)15-13-22)31(41)36(19-24-9-5-11-27-26(24)10-6-16-33-27)20-29(37)38(35)32(42)34-18-23-7-3-2-4-8-23/h2-16,28-29,39H,17-21H2,1H3,(H,34,42)/t28?,29-/m0/s1. The minimum absolute atomic E-state index is 0.0381. The lowest BCUT2D eigenvalue weighted by molar-refractivity contribution is -0.187. The van der Waals surface area contributed by atoms with Gasteiger partial charge in [0.25, 0.3) is 0 Å². The van der Waals surface area contributed by atoms with E-state index in [0.29, 0.717) is 13.1 Å². The number of hydrazine groups is 1. The summed E-state index contributed by atoms with van der Waals surface area (Å²) < 4.78 is 0. The molecule has 2 fully saturated rings. The highest BCUT2D eigenvalue weighted by Crippen LogP contribution is 2.30. The van der Waals surface area contributed by atoms with Crippen LogP contribution in [0.15, 0.2) is 91.1 Å². The molecule has 0 aliphatic carbocycles. The van der Waals surface area contributed by atoms with Gasteiger partial charge < -0.3 is 20.2 Å². The number of fused-ring (bicyclic) bond motifs is 2. The number of benzene rings is 3. The molecule has 0 saturated carbocycles. The molecule has 0 bridgehead atoms. The number of nitrogens with one attached hydrogen (secondary N) is 1. The van der Waals surface area contributed by atoms with Crippen molar-refractivity contribution in [2.75, 3.05) is 20.1 Å². The first-order valence-corrected chi connectivity index (χ1v) is 13.9. The molecule has 6 rings (SSSR count). The van der Waals surface area contributed by atoms with Gasteiger partial charge in [0.05, 0.1) is 18.6 Å². The second-order valence-electron chi connectivity index (χ2n) is 10.7. The van der Waals surface area contributed by atoms with Crippen molar-refractivity contribution in [2.45, 2.75) is 31.7 Å². The monoisotopic (exact) mass is 564 g/mol. The number of hydrogen-bond donors (Lipinski definition) is 2. The number of phenols is 1. The van der Waals surface area contributed by atoms with Crippen LogP contribution in [0.1, 0.15) is 16.7 Å². The highest BCUT2D eigenvalue weighted by Gasteiger charge is 2.50. The maximum atomic E-state index is 14.1. The van der Waals surface area contributed by atoms with Crippen molar-refractivity contribution >= 4 is 28.7 Å². The van der Waals surface area contributed by atoms with Gasteiger partial charge >= 0.3 is 6.03 Å². The highest BCUT2D eigenvalue weighted by atomic mass is 16.3. The van der Waals surface area contributed by atoms with E-state index in [1.165, 1.54) is 0 Å². The second kappa shape index (κ2) is 11.5. The Labute approximate surface area is 243 Å². The van der Waals surface area contributed by atoms with E-state index in [4.69, 9.17) is 0 Å². The molecule has 42 heavy (non-hydrogen) atoms. The van der Waals surface area contributed by atoms with Crippen molar-refractivity contribution in [3.63, 3.8) is 0 Å². The van der Waals surface area contributed by atoms with E-state index in [0.717, 1.165) is 27.6 Å². The predicted octanol–water partition coefficient (Wildman–Crippen LogP) is 3.12. The van der Waals surface area contributed by atoms with Crippen molar-refractivity contribution in [3.8, 4) is 5.75 Å². The van der Waals surface area contributed by atoms with Crippen molar-refractivity contribution < 1.29 is 19.5 Å². The van der Waals surface area contributed by atoms with Gasteiger partial charge in [0.1, 0.15) is 18.0 Å². The fraction of sp³-hybridized carbons (Fsp3) is 0.250. The van der Waals surface area contributed by atoms with Crippen LogP contribution >= 0.6 is 0 Å². The number of rotatable bonds is 6. The third kappa shape index (κ3) is 5.36. The number of amides is 4. The van der Waals surface area contributed by atoms with Crippen LogP contribution in [0.3, 0.4) is 0 Å². The van der Waals surface area contributed by atoms with Crippen molar-refractivity contribution in [2.24, 2.45) is 0 Å². The number of pyridine rings is 1. The third-order valence-corrected chi connectivity index (χ3v) is 7.90. The first kappa shape index (κ1) is 27.2. The van der Waals surface area contributed by atoms with Gasteiger partial charge in [-0.2, -0.15) is 0 Å². The molecular weight excluding hydrogens is 532 g/mol. The molecule has 2 aliphatic heterocycles. The first-order chi connectivity index (χ1) is 20.4. The summed E-state index contributed by atoms with van der Waals surface area (Å²) in [4.78, 5) is 49.1. The zero-order chi connectivity index (χ0) is 29.2. The van der Waals surface area contributed by atoms with Gasteiger partial charge in [0.15, 0.2) is 0 Å². The number of aromatic hydroxyl groups is 1. The van der Waals surface area contributed by atoms with E-state index in [-0.39, 0.29) is 43.1 Å². The first-order valence-electron chi connectivity index (χ1n) is 13.9. The Kier molecular flexibility index (Phi) is 7.45. The van der Waals surface area contributed by atoms with Crippen molar-refractivity contribution in [1.29, 1.82) is 0 Å². The minimum Gasteiger partial charge on any atom is -0.508 e. The molecule has 4 amide bonds. The van der Waals surface area contributed by atoms with E-state index < -0.39 is 12.2 Å². The highest BCUT2D eigenvalue weighted by molar-refractivity contribution is 5.92. The molecule has 10 heteroatoms. The fourth-order valence-corrected chi connectivity index (χ4v) is 5.87. The van der Waals surface area contributed by atoms with E-state index in [1.54, 1.807) is 57.3 Å². The Bertz CT molecular complexity index is 1610. The van der Waals surface area contributed by atoms with Crippen LogP contribution in [-0.4, -0.2) is 80.1 Å². The molecule has 3 aromatic carbocycles. The van der Waals surface area contributed by atoms with Gasteiger partial charge in [-0.25, -0.2) is 14.8 Å². The lowest BCUT2D eigenvalue weighted by Crippen LogP contribution is -2.76. The Morgan fingerprint density at radius 1 is 0.952 bits per heavy atom. The number of nitrogens with zero attached hydrogens (tertiary/aromatic N) is 5. The lowest BCUT2D eigenvalue weighted by atomic mass is 9.98. The van der Waals surface area contributed by atoms with Crippen LogP contribution in [0.5, 0.6) is 5.75 Å². The number of carbonyl (C=O) groups is 3. The summed E-state index contributed by atoms with van der Waals surface area (Å²) in [7, 11) is 1.71. The van der Waals surface area contributed by atoms with Crippen LogP contribution in [0.2, 0.25) is 0 Å². The molecule has 3 heterocycles. The minimum atomic E-state index is -0.827. The largest absolute Gasteiger partial charge is 0.508 e. The van der Waals surface area contributed by atoms with Gasteiger partial charge in [-0.3, -0.25) is 14.6 Å². The van der Waals surface area contributed by atoms with Crippen LogP contribution in [0.4, 0.5) is 4.79 Å². The van der Waals surface area contributed by atoms with Crippen LogP contribution in [-0.2, 0) is 29.1 Å². The van der Waals surface area contributed by atoms with Gasteiger partial charge in [0.2, 0.25) is 11.8 Å². The molecule has 2 saturated heterocycles. The second-order valence-corrected chi connectivity index (χ2v) is 10.7. The smallest absolute Gasteiger partial charge is 0.334 e. The zero-order valence-corrected chi connectivity index (χ0v) is 23.3. The van der Waals surface area contributed by atoms with Crippen molar-refractivity contribution in [1.82, 2.24) is 30.1 Å². The van der Waals surface area contributed by atoms with Gasteiger partial charge in [-0.05, 0) is 41.0 Å². The molecule has 10 nitrogen and oxygen atoms in total. The molecular formula is C32H32N6O4. The number of aromatic nitrogens is 1. The summed E-state index contributed by atoms with van der Waals surface area (Å²) in [5, 5.41) is 16.9. The fourth-order valence-electron chi connectivity index (χ4n) is 5.87. The van der Waals surface area contributed by atoms with E-state index in [1.807, 2.05) is 60.7 Å². The Morgan fingerprint density at radius 3 is 2.52 bits per heavy atom. The quantitative estimate of drug-likeness (QED) is 0.373. The van der Waals surface area contributed by atoms with Crippen LogP contribution in [0.25, 0.3) is 10.9 Å². The third-order valence-electron chi connectivity index (χ3n) is 7.90. The van der Waals surface area contributed by atoms with Gasteiger partial charge in [-0.15, -0.1) is 0 Å². The number of urea groups is 1. The molecule has 2 atom stereocenters. The SMILES string of the molecule is CN1CC(=O)N2C(Cc3ccc(O)cc3)C(=O)N(Cc3cccc4ncccc34)C[C@@H]2N1C(=O)NCc1ccccc1. The van der Waals surface area contributed by atoms with Crippen molar-refractivity contribution in [3.05, 3.63) is 108 Å². The summed E-state index contributed by atoms with van der Waals surface area (Å²) in [5.41, 5.74) is 3.51. The number of carbonyl (C=O) groups excluding carboxylic acids is 3. The molecule has 2 aliphatic rings.